The summed E-state index contributed by atoms with van der Waals surface area (Å²) in [6.45, 7) is 3.68. The van der Waals surface area contributed by atoms with Gasteiger partial charge in [0.2, 0.25) is 5.91 Å². The molecule has 0 aromatic heterocycles. The maximum absolute atomic E-state index is 13.0. The average molecular weight is 421 g/mol. The van der Waals surface area contributed by atoms with E-state index in [1.54, 1.807) is 24.3 Å². The molecule has 2 N–H and O–H groups in total. The first-order valence-corrected chi connectivity index (χ1v) is 10.7. The summed E-state index contributed by atoms with van der Waals surface area (Å²) in [4.78, 5) is 39.0. The maximum Gasteiger partial charge on any atom is 0.325 e. The highest BCUT2D eigenvalue weighted by atomic mass is 16.5. The summed E-state index contributed by atoms with van der Waals surface area (Å²) < 4.78 is 5.81. The molecule has 1 saturated heterocycles. The van der Waals surface area contributed by atoms with Crippen LogP contribution in [-0.2, 0) is 9.59 Å². The second kappa shape index (κ2) is 8.41. The van der Waals surface area contributed by atoms with Crippen LogP contribution in [0.2, 0.25) is 0 Å². The molecule has 1 spiro atoms. The Kier molecular flexibility index (Phi) is 5.67. The summed E-state index contributed by atoms with van der Waals surface area (Å²) in [5, 5.41) is 5.61. The van der Waals surface area contributed by atoms with Gasteiger partial charge in [0.15, 0.2) is 0 Å². The molecular weight excluding hydrogens is 394 g/mol. The van der Waals surface area contributed by atoms with Gasteiger partial charge in [0, 0.05) is 5.69 Å². The first-order valence-electron chi connectivity index (χ1n) is 10.7. The summed E-state index contributed by atoms with van der Waals surface area (Å²) in [6.07, 6.45) is 3.46. The van der Waals surface area contributed by atoms with Crippen LogP contribution < -0.4 is 15.4 Å². The van der Waals surface area contributed by atoms with E-state index in [2.05, 4.69) is 10.6 Å². The van der Waals surface area contributed by atoms with Crippen molar-refractivity contribution in [1.82, 2.24) is 10.2 Å². The van der Waals surface area contributed by atoms with Crippen LogP contribution in [0.4, 0.5) is 10.5 Å². The second-order valence-electron chi connectivity index (χ2n) is 8.43. The number of urea groups is 1. The number of amides is 4. The van der Waals surface area contributed by atoms with Gasteiger partial charge in [-0.1, -0.05) is 31.9 Å². The fourth-order valence-electron chi connectivity index (χ4n) is 4.40. The molecule has 1 heterocycles. The summed E-state index contributed by atoms with van der Waals surface area (Å²) in [7, 11) is 0. The van der Waals surface area contributed by atoms with Crippen LogP contribution in [0.3, 0.4) is 0 Å². The number of hydrogen-bond acceptors (Lipinski definition) is 4. The second-order valence-corrected chi connectivity index (χ2v) is 8.43. The van der Waals surface area contributed by atoms with Crippen molar-refractivity contribution in [3.05, 3.63) is 54.1 Å². The number of ether oxygens (including phenoxy) is 1. The first kappa shape index (κ1) is 20.9. The van der Waals surface area contributed by atoms with Gasteiger partial charge in [-0.05, 0) is 67.6 Å². The molecule has 1 aliphatic carbocycles. The molecule has 1 aliphatic heterocycles. The Labute approximate surface area is 181 Å². The number of benzene rings is 2. The van der Waals surface area contributed by atoms with Crippen LogP contribution in [0.25, 0.3) is 0 Å². The van der Waals surface area contributed by atoms with Gasteiger partial charge in [-0.15, -0.1) is 0 Å². The smallest absolute Gasteiger partial charge is 0.325 e. The number of aryl methyl sites for hydroxylation is 1. The lowest BCUT2D eigenvalue weighted by Gasteiger charge is -2.36. The number of hydrogen-bond donors (Lipinski definition) is 2. The summed E-state index contributed by atoms with van der Waals surface area (Å²) >= 11 is 0. The van der Waals surface area contributed by atoms with Crippen molar-refractivity contribution in [3.8, 4) is 11.5 Å². The molecule has 162 valence electrons. The molecule has 2 aromatic rings. The van der Waals surface area contributed by atoms with E-state index in [1.165, 1.54) is 0 Å². The SMILES string of the molecule is Cc1cccc(Oc2ccc(NC(=O)CN3C(=O)N[C@]4(CCCC[C@H]4C)C3=O)cc2)c1. The highest BCUT2D eigenvalue weighted by Gasteiger charge is 2.55. The number of imide groups is 1. The molecular formula is C24H27N3O4. The van der Waals surface area contributed by atoms with E-state index in [0.717, 1.165) is 35.5 Å². The van der Waals surface area contributed by atoms with Crippen LogP contribution in [0, 0.1) is 12.8 Å². The summed E-state index contributed by atoms with van der Waals surface area (Å²) in [5.41, 5.74) is 0.811. The largest absolute Gasteiger partial charge is 0.457 e. The zero-order chi connectivity index (χ0) is 22.0. The van der Waals surface area contributed by atoms with Gasteiger partial charge in [0.05, 0.1) is 0 Å². The molecule has 4 rings (SSSR count). The van der Waals surface area contributed by atoms with Crippen LogP contribution in [-0.4, -0.2) is 34.8 Å². The van der Waals surface area contributed by atoms with Crippen molar-refractivity contribution in [1.29, 1.82) is 0 Å². The molecule has 2 aliphatic rings. The number of carbonyl (C=O) groups excluding carboxylic acids is 3. The van der Waals surface area contributed by atoms with Crippen LogP contribution in [0.1, 0.15) is 38.2 Å². The van der Waals surface area contributed by atoms with E-state index in [-0.39, 0.29) is 18.4 Å². The third-order valence-electron chi connectivity index (χ3n) is 6.17. The molecule has 0 radical (unpaired) electrons. The third kappa shape index (κ3) is 4.26. The van der Waals surface area contributed by atoms with Crippen molar-refractivity contribution < 1.29 is 19.1 Å². The molecule has 7 nitrogen and oxygen atoms in total. The van der Waals surface area contributed by atoms with Gasteiger partial charge in [0.1, 0.15) is 23.6 Å². The highest BCUT2D eigenvalue weighted by molar-refractivity contribution is 6.10. The van der Waals surface area contributed by atoms with Crippen molar-refractivity contribution in [3.63, 3.8) is 0 Å². The van der Waals surface area contributed by atoms with E-state index in [0.29, 0.717) is 17.9 Å². The van der Waals surface area contributed by atoms with Crippen LogP contribution >= 0.6 is 0 Å². The minimum Gasteiger partial charge on any atom is -0.457 e. The Morgan fingerprint density at radius 1 is 1.16 bits per heavy atom. The minimum atomic E-state index is -0.857. The van der Waals surface area contributed by atoms with E-state index in [1.807, 2.05) is 38.1 Å². The van der Waals surface area contributed by atoms with Crippen LogP contribution in [0.5, 0.6) is 11.5 Å². The zero-order valence-corrected chi connectivity index (χ0v) is 17.8. The number of carbonyl (C=O) groups is 3. The van der Waals surface area contributed by atoms with Gasteiger partial charge < -0.3 is 15.4 Å². The van der Waals surface area contributed by atoms with Crippen molar-refractivity contribution in [2.24, 2.45) is 5.92 Å². The molecule has 2 aromatic carbocycles. The van der Waals surface area contributed by atoms with E-state index < -0.39 is 17.5 Å². The maximum atomic E-state index is 13.0. The Balaban J connectivity index is 1.36. The van der Waals surface area contributed by atoms with Crippen molar-refractivity contribution >= 4 is 23.5 Å². The number of nitrogens with one attached hydrogen (secondary N) is 2. The number of rotatable bonds is 5. The monoisotopic (exact) mass is 421 g/mol. The number of anilines is 1. The van der Waals surface area contributed by atoms with E-state index in [4.69, 9.17) is 4.74 Å². The molecule has 0 unspecified atom stereocenters. The molecule has 0 bridgehead atoms. The van der Waals surface area contributed by atoms with Crippen LogP contribution in [0.15, 0.2) is 48.5 Å². The Bertz CT molecular complexity index is 1000. The lowest BCUT2D eigenvalue weighted by atomic mass is 9.73. The fourth-order valence-corrected chi connectivity index (χ4v) is 4.40. The summed E-state index contributed by atoms with van der Waals surface area (Å²) in [5.74, 6) is 0.733. The van der Waals surface area contributed by atoms with Crippen molar-refractivity contribution in [2.75, 3.05) is 11.9 Å². The molecule has 7 heteroatoms. The van der Waals surface area contributed by atoms with Gasteiger partial charge in [-0.2, -0.15) is 0 Å². The fraction of sp³-hybridized carbons (Fsp3) is 0.375. The minimum absolute atomic E-state index is 0.0618. The number of nitrogens with zero attached hydrogens (tertiary/aromatic N) is 1. The highest BCUT2D eigenvalue weighted by Crippen LogP contribution is 2.38. The summed E-state index contributed by atoms with van der Waals surface area (Å²) in [6, 6.07) is 14.2. The normalized spacial score (nSPS) is 23.0. The van der Waals surface area contributed by atoms with Gasteiger partial charge >= 0.3 is 6.03 Å². The Hall–Kier alpha value is -3.35. The molecule has 2 atom stereocenters. The van der Waals surface area contributed by atoms with E-state index >= 15 is 0 Å². The van der Waals surface area contributed by atoms with Gasteiger partial charge in [0.25, 0.3) is 5.91 Å². The quantitative estimate of drug-likeness (QED) is 0.708. The average Bonchev–Trinajstić information content (AvgIpc) is 2.97. The third-order valence-corrected chi connectivity index (χ3v) is 6.17. The zero-order valence-electron chi connectivity index (χ0n) is 17.8. The van der Waals surface area contributed by atoms with Crippen molar-refractivity contribution in [2.45, 2.75) is 45.1 Å². The Morgan fingerprint density at radius 2 is 1.94 bits per heavy atom. The Morgan fingerprint density at radius 3 is 2.65 bits per heavy atom. The molecule has 4 amide bonds. The lowest BCUT2D eigenvalue weighted by Crippen LogP contribution is -2.54. The lowest BCUT2D eigenvalue weighted by molar-refractivity contribution is -0.136. The standard InChI is InChI=1S/C24H27N3O4/c1-16-6-5-8-20(14-16)31-19-11-9-18(10-12-19)25-21(28)15-27-22(29)24(26-23(27)30)13-4-3-7-17(24)2/h5-6,8-12,14,17H,3-4,7,13,15H2,1-2H3,(H,25,28)(H,26,30)/t17-,24+/m1/s1. The molecule has 31 heavy (non-hydrogen) atoms. The topological polar surface area (TPSA) is 87.7 Å². The van der Waals surface area contributed by atoms with Gasteiger partial charge in [-0.25, -0.2) is 4.79 Å². The first-order chi connectivity index (χ1) is 14.9. The molecule has 1 saturated carbocycles. The van der Waals surface area contributed by atoms with Gasteiger partial charge in [-0.3, -0.25) is 14.5 Å². The van der Waals surface area contributed by atoms with E-state index in [9.17, 15) is 14.4 Å². The predicted octanol–water partition coefficient (Wildman–Crippen LogP) is 4.23. The predicted molar refractivity (Wildman–Crippen MR) is 117 cm³/mol. The molecule has 2 fully saturated rings.